The fourth-order valence-corrected chi connectivity index (χ4v) is 4.15. The van der Waals surface area contributed by atoms with Crippen LogP contribution in [0.2, 0.25) is 0 Å². The number of ether oxygens (including phenoxy) is 1. The Kier molecular flexibility index (Phi) is 4.70. The summed E-state index contributed by atoms with van der Waals surface area (Å²) in [5.41, 5.74) is -0.908. The summed E-state index contributed by atoms with van der Waals surface area (Å²) in [4.78, 5) is 37.2. The van der Waals surface area contributed by atoms with Crippen molar-refractivity contribution in [3.05, 3.63) is 33.9 Å². The van der Waals surface area contributed by atoms with Crippen LogP contribution in [0.4, 0.5) is 5.69 Å². The number of nitro benzene ring substituents is 1. The Morgan fingerprint density at radius 1 is 1.48 bits per heavy atom. The predicted molar refractivity (Wildman–Crippen MR) is 89.8 cm³/mol. The van der Waals surface area contributed by atoms with Gasteiger partial charge >= 0.3 is 5.97 Å². The first kappa shape index (κ1) is 17.7. The summed E-state index contributed by atoms with van der Waals surface area (Å²) < 4.78 is 5.38. The molecule has 2 aliphatic rings. The Morgan fingerprint density at radius 3 is 2.84 bits per heavy atom. The summed E-state index contributed by atoms with van der Waals surface area (Å²) in [5, 5.41) is 20.9. The molecular weight excluding hydrogens is 348 g/mol. The molecule has 9 heteroatoms. The summed E-state index contributed by atoms with van der Waals surface area (Å²) in [5.74, 6) is -1.56. The summed E-state index contributed by atoms with van der Waals surface area (Å²) in [6, 6.07) is 4.36. The summed E-state index contributed by atoms with van der Waals surface area (Å²) in [6.07, 6.45) is 2.09. The molecule has 2 fully saturated rings. The third kappa shape index (κ3) is 2.98. The van der Waals surface area contributed by atoms with E-state index in [4.69, 9.17) is 4.74 Å². The lowest BCUT2D eigenvalue weighted by atomic mass is 9.74. The zero-order chi connectivity index (χ0) is 18.2. The molecule has 25 heavy (non-hydrogen) atoms. The van der Waals surface area contributed by atoms with Crippen molar-refractivity contribution in [3.8, 4) is 0 Å². The van der Waals surface area contributed by atoms with Crippen LogP contribution in [0, 0.1) is 21.4 Å². The molecule has 0 bridgehead atoms. The highest BCUT2D eigenvalue weighted by Gasteiger charge is 2.55. The van der Waals surface area contributed by atoms with Gasteiger partial charge in [-0.3, -0.25) is 19.7 Å². The number of likely N-dealkylation sites (tertiary alicyclic amines) is 1. The van der Waals surface area contributed by atoms with Crippen molar-refractivity contribution >= 4 is 29.3 Å². The molecule has 0 radical (unpaired) electrons. The zero-order valence-corrected chi connectivity index (χ0v) is 14.5. The van der Waals surface area contributed by atoms with Crippen LogP contribution in [0.5, 0.6) is 0 Å². The minimum atomic E-state index is -0.987. The van der Waals surface area contributed by atoms with E-state index in [0.29, 0.717) is 24.5 Å². The first-order valence-corrected chi connectivity index (χ1v) is 9.04. The molecule has 134 valence electrons. The van der Waals surface area contributed by atoms with Crippen molar-refractivity contribution in [2.45, 2.75) is 11.3 Å². The fraction of sp³-hybridized carbons (Fsp3) is 0.500. The van der Waals surface area contributed by atoms with Crippen molar-refractivity contribution < 1.29 is 24.4 Å². The number of amides is 1. The van der Waals surface area contributed by atoms with E-state index < -0.39 is 16.3 Å². The number of carboxylic acid groups (broad SMARTS) is 1. The molecule has 2 aliphatic heterocycles. The average molecular weight is 366 g/mol. The van der Waals surface area contributed by atoms with Crippen LogP contribution in [-0.4, -0.2) is 59.4 Å². The Labute approximate surface area is 148 Å². The molecule has 0 unspecified atom stereocenters. The number of nitro groups is 1. The van der Waals surface area contributed by atoms with Crippen molar-refractivity contribution in [2.75, 3.05) is 32.6 Å². The summed E-state index contributed by atoms with van der Waals surface area (Å²) in [6.45, 7) is 1.05. The van der Waals surface area contributed by atoms with Crippen LogP contribution in [0.3, 0.4) is 0 Å². The zero-order valence-electron chi connectivity index (χ0n) is 13.6. The van der Waals surface area contributed by atoms with Crippen molar-refractivity contribution in [1.29, 1.82) is 0 Å². The molecule has 3 rings (SSSR count). The highest BCUT2D eigenvalue weighted by molar-refractivity contribution is 7.98. The number of nitrogens with zero attached hydrogens (tertiary/aromatic N) is 2. The van der Waals surface area contributed by atoms with Gasteiger partial charge in [-0.1, -0.05) is 0 Å². The number of fused-ring (bicyclic) bond motifs is 1. The van der Waals surface area contributed by atoms with Gasteiger partial charge < -0.3 is 14.7 Å². The number of carboxylic acids is 1. The van der Waals surface area contributed by atoms with E-state index >= 15 is 0 Å². The molecule has 2 heterocycles. The lowest BCUT2D eigenvalue weighted by Crippen LogP contribution is -2.45. The molecule has 1 aromatic carbocycles. The molecule has 0 spiro atoms. The summed E-state index contributed by atoms with van der Waals surface area (Å²) in [7, 11) is 0. The van der Waals surface area contributed by atoms with Crippen LogP contribution in [0.1, 0.15) is 16.8 Å². The predicted octanol–water partition coefficient (Wildman–Crippen LogP) is 1.88. The van der Waals surface area contributed by atoms with Crippen LogP contribution in [-0.2, 0) is 9.53 Å². The van der Waals surface area contributed by atoms with Gasteiger partial charge in [0.05, 0.1) is 21.8 Å². The largest absolute Gasteiger partial charge is 0.481 e. The van der Waals surface area contributed by atoms with Crippen LogP contribution < -0.4 is 0 Å². The Bertz CT molecular complexity index is 739. The molecule has 8 nitrogen and oxygen atoms in total. The average Bonchev–Trinajstić information content (AvgIpc) is 3.01. The highest BCUT2D eigenvalue weighted by atomic mass is 32.2. The number of thioether (sulfide) groups is 1. The second-order valence-corrected chi connectivity index (χ2v) is 7.16. The number of benzene rings is 1. The topological polar surface area (TPSA) is 110 Å². The number of aliphatic carboxylic acids is 1. The van der Waals surface area contributed by atoms with Gasteiger partial charge in [-0.05, 0) is 24.8 Å². The van der Waals surface area contributed by atoms with Gasteiger partial charge in [0.25, 0.3) is 11.6 Å². The van der Waals surface area contributed by atoms with Gasteiger partial charge in [-0.2, -0.15) is 0 Å². The second kappa shape index (κ2) is 6.64. The van der Waals surface area contributed by atoms with E-state index in [0.717, 1.165) is 0 Å². The van der Waals surface area contributed by atoms with Crippen molar-refractivity contribution in [2.24, 2.45) is 11.3 Å². The molecule has 0 aliphatic carbocycles. The first-order valence-electron chi connectivity index (χ1n) is 7.82. The van der Waals surface area contributed by atoms with Gasteiger partial charge in [0.15, 0.2) is 0 Å². The molecule has 1 N–H and O–H groups in total. The molecular formula is C16H18N2O6S. The molecule has 2 saturated heterocycles. The van der Waals surface area contributed by atoms with Crippen LogP contribution in [0.15, 0.2) is 23.1 Å². The Balaban J connectivity index is 1.88. The third-order valence-electron chi connectivity index (χ3n) is 5.04. The van der Waals surface area contributed by atoms with E-state index in [2.05, 4.69) is 0 Å². The van der Waals surface area contributed by atoms with E-state index in [1.165, 1.54) is 22.7 Å². The van der Waals surface area contributed by atoms with Crippen molar-refractivity contribution in [3.63, 3.8) is 0 Å². The van der Waals surface area contributed by atoms with Gasteiger partial charge in [-0.15, -0.1) is 11.8 Å². The third-order valence-corrected chi connectivity index (χ3v) is 5.83. The van der Waals surface area contributed by atoms with E-state index in [9.17, 15) is 24.8 Å². The lowest BCUT2D eigenvalue weighted by molar-refractivity contribution is -0.387. The number of carbonyl (C=O) groups is 2. The van der Waals surface area contributed by atoms with Gasteiger partial charge in [-0.25, -0.2) is 0 Å². The number of carbonyl (C=O) groups excluding carboxylic acids is 1. The molecule has 0 saturated carbocycles. The fourth-order valence-electron chi connectivity index (χ4n) is 3.60. The van der Waals surface area contributed by atoms with E-state index in [1.54, 1.807) is 18.4 Å². The quantitative estimate of drug-likeness (QED) is 0.492. The van der Waals surface area contributed by atoms with Gasteiger partial charge in [0.1, 0.15) is 0 Å². The SMILES string of the molecule is CSc1ccc(C(=O)N2C[C@H]3COCC[C@@]3(C(=O)O)C2)cc1[N+](=O)[O-]. The van der Waals surface area contributed by atoms with Gasteiger partial charge in [0, 0.05) is 37.2 Å². The minimum absolute atomic E-state index is 0.104. The van der Waals surface area contributed by atoms with Crippen LogP contribution >= 0.6 is 11.8 Å². The lowest BCUT2D eigenvalue weighted by Gasteiger charge is -2.33. The number of hydrogen-bond acceptors (Lipinski definition) is 6. The Morgan fingerprint density at radius 2 is 2.24 bits per heavy atom. The maximum atomic E-state index is 12.8. The van der Waals surface area contributed by atoms with Gasteiger partial charge in [0.2, 0.25) is 0 Å². The van der Waals surface area contributed by atoms with Crippen LogP contribution in [0.25, 0.3) is 0 Å². The first-order chi connectivity index (χ1) is 11.9. The minimum Gasteiger partial charge on any atom is -0.481 e. The monoisotopic (exact) mass is 366 g/mol. The standard InChI is InChI=1S/C16H18N2O6S/c1-25-13-3-2-10(6-12(13)18(22)23)14(19)17-7-11-8-24-5-4-16(11,9-17)15(20)21/h2-3,6,11H,4-5,7-9H2,1H3,(H,20,21)/t11-,16+/m0/s1. The highest BCUT2D eigenvalue weighted by Crippen LogP contribution is 2.43. The second-order valence-electron chi connectivity index (χ2n) is 6.31. The number of rotatable bonds is 4. The summed E-state index contributed by atoms with van der Waals surface area (Å²) >= 11 is 1.24. The van der Waals surface area contributed by atoms with Crippen molar-refractivity contribution in [1.82, 2.24) is 4.90 Å². The maximum Gasteiger partial charge on any atom is 0.311 e. The van der Waals surface area contributed by atoms with E-state index in [1.807, 2.05) is 0 Å². The maximum absolute atomic E-state index is 12.8. The smallest absolute Gasteiger partial charge is 0.311 e. The molecule has 2 atom stereocenters. The van der Waals surface area contributed by atoms with E-state index in [-0.39, 0.29) is 36.2 Å². The Hall–Kier alpha value is -2.13. The normalized spacial score (nSPS) is 25.5. The molecule has 1 amide bonds. The number of hydrogen-bond donors (Lipinski definition) is 1. The molecule has 0 aromatic heterocycles. The molecule has 1 aromatic rings.